The molecule has 0 atom stereocenters. The molecule has 1 aliphatic heterocycles. The van der Waals surface area contributed by atoms with E-state index in [1.165, 1.54) is 0 Å². The van der Waals surface area contributed by atoms with Crippen molar-refractivity contribution in [2.45, 2.75) is 12.8 Å². The van der Waals surface area contributed by atoms with E-state index in [1.807, 2.05) is 12.1 Å². The van der Waals surface area contributed by atoms with E-state index in [0.29, 0.717) is 18.7 Å². The summed E-state index contributed by atoms with van der Waals surface area (Å²) in [4.78, 5) is 13.6. The molecule has 0 unspecified atom stereocenters. The molecule has 0 bridgehead atoms. The molecule has 1 fully saturated rings. The standard InChI is InChI=1S/C15H19N3O2/c16-11-13-4-1-5-14(10-13)20-9-3-8-18-7-2-6-17-15(19)12-18/h1,4-5,10H,2-3,6-9,12H2,(H,17,19). The Morgan fingerprint density at radius 1 is 1.45 bits per heavy atom. The summed E-state index contributed by atoms with van der Waals surface area (Å²) >= 11 is 0. The van der Waals surface area contributed by atoms with Gasteiger partial charge in [0.1, 0.15) is 5.75 Å². The van der Waals surface area contributed by atoms with Crippen molar-refractivity contribution in [3.8, 4) is 11.8 Å². The van der Waals surface area contributed by atoms with Crippen molar-refractivity contribution in [1.82, 2.24) is 10.2 Å². The Balaban J connectivity index is 1.70. The molecule has 1 saturated heterocycles. The van der Waals surface area contributed by atoms with Crippen LogP contribution in [0.1, 0.15) is 18.4 Å². The molecule has 1 N–H and O–H groups in total. The van der Waals surface area contributed by atoms with Gasteiger partial charge in [0.05, 0.1) is 24.8 Å². The molecule has 0 aliphatic carbocycles. The predicted octanol–water partition coefficient (Wildman–Crippen LogP) is 1.15. The molecule has 0 radical (unpaired) electrons. The van der Waals surface area contributed by atoms with Crippen molar-refractivity contribution in [3.63, 3.8) is 0 Å². The lowest BCUT2D eigenvalue weighted by atomic mass is 10.2. The number of benzene rings is 1. The van der Waals surface area contributed by atoms with E-state index in [0.717, 1.165) is 38.2 Å². The van der Waals surface area contributed by atoms with E-state index in [1.54, 1.807) is 12.1 Å². The number of ether oxygens (including phenoxy) is 1. The topological polar surface area (TPSA) is 65.4 Å². The number of carbonyl (C=O) groups is 1. The summed E-state index contributed by atoms with van der Waals surface area (Å²) in [5.74, 6) is 0.822. The van der Waals surface area contributed by atoms with Crippen LogP contribution < -0.4 is 10.1 Å². The number of amides is 1. The summed E-state index contributed by atoms with van der Waals surface area (Å²) in [6.07, 6.45) is 1.86. The molecule has 1 aromatic carbocycles. The molecule has 5 heteroatoms. The number of carbonyl (C=O) groups excluding carboxylic acids is 1. The Morgan fingerprint density at radius 2 is 2.35 bits per heavy atom. The van der Waals surface area contributed by atoms with Crippen molar-refractivity contribution >= 4 is 5.91 Å². The number of nitriles is 1. The van der Waals surface area contributed by atoms with Crippen LogP contribution in [0.2, 0.25) is 0 Å². The highest BCUT2D eigenvalue weighted by Gasteiger charge is 2.13. The zero-order chi connectivity index (χ0) is 14.2. The van der Waals surface area contributed by atoms with Crippen molar-refractivity contribution in [3.05, 3.63) is 29.8 Å². The molecule has 106 valence electrons. The summed E-state index contributed by atoms with van der Waals surface area (Å²) in [5, 5.41) is 11.7. The monoisotopic (exact) mass is 273 g/mol. The third kappa shape index (κ3) is 4.56. The molecule has 20 heavy (non-hydrogen) atoms. The SMILES string of the molecule is N#Cc1cccc(OCCCN2CCCNC(=O)C2)c1. The van der Waals surface area contributed by atoms with Crippen LogP contribution >= 0.6 is 0 Å². The summed E-state index contributed by atoms with van der Waals surface area (Å²) in [7, 11) is 0. The van der Waals surface area contributed by atoms with Crippen molar-refractivity contribution in [2.24, 2.45) is 0 Å². The molecule has 0 aromatic heterocycles. The van der Waals surface area contributed by atoms with Crippen molar-refractivity contribution in [1.29, 1.82) is 5.26 Å². The number of nitrogens with zero attached hydrogens (tertiary/aromatic N) is 2. The minimum absolute atomic E-state index is 0.102. The van der Waals surface area contributed by atoms with Crippen LogP contribution in [0.4, 0.5) is 0 Å². The first kappa shape index (κ1) is 14.4. The van der Waals surface area contributed by atoms with Gasteiger partial charge in [0.25, 0.3) is 0 Å². The fourth-order valence-electron chi connectivity index (χ4n) is 2.19. The van der Waals surface area contributed by atoms with Gasteiger partial charge in [0.2, 0.25) is 5.91 Å². The molecule has 1 aliphatic rings. The molecular weight excluding hydrogens is 254 g/mol. The number of hydrogen-bond acceptors (Lipinski definition) is 4. The van der Waals surface area contributed by atoms with Gasteiger partial charge in [-0.05, 0) is 31.0 Å². The lowest BCUT2D eigenvalue weighted by Crippen LogP contribution is -2.34. The van der Waals surface area contributed by atoms with E-state index in [2.05, 4.69) is 16.3 Å². The Hall–Kier alpha value is -2.06. The zero-order valence-electron chi connectivity index (χ0n) is 11.5. The van der Waals surface area contributed by atoms with Gasteiger partial charge in [-0.1, -0.05) is 6.07 Å². The molecule has 1 amide bonds. The molecule has 0 saturated carbocycles. The van der Waals surface area contributed by atoms with E-state index in [4.69, 9.17) is 10.00 Å². The number of hydrogen-bond donors (Lipinski definition) is 1. The van der Waals surface area contributed by atoms with Gasteiger partial charge in [0, 0.05) is 19.6 Å². The van der Waals surface area contributed by atoms with Crippen LogP contribution in [-0.4, -0.2) is 43.6 Å². The molecule has 1 heterocycles. The minimum Gasteiger partial charge on any atom is -0.494 e. The van der Waals surface area contributed by atoms with Gasteiger partial charge in [-0.2, -0.15) is 5.26 Å². The van der Waals surface area contributed by atoms with Crippen LogP contribution in [-0.2, 0) is 4.79 Å². The van der Waals surface area contributed by atoms with Crippen LogP contribution in [0.5, 0.6) is 5.75 Å². The smallest absolute Gasteiger partial charge is 0.234 e. The van der Waals surface area contributed by atoms with Crippen LogP contribution in [0, 0.1) is 11.3 Å². The third-order valence-corrected chi connectivity index (χ3v) is 3.19. The van der Waals surface area contributed by atoms with Gasteiger partial charge < -0.3 is 10.1 Å². The zero-order valence-corrected chi connectivity index (χ0v) is 11.5. The first-order chi connectivity index (χ1) is 9.78. The van der Waals surface area contributed by atoms with Gasteiger partial charge in [-0.25, -0.2) is 0 Å². The Morgan fingerprint density at radius 3 is 3.20 bits per heavy atom. The highest BCUT2D eigenvalue weighted by molar-refractivity contribution is 5.78. The van der Waals surface area contributed by atoms with Crippen LogP contribution in [0.25, 0.3) is 0 Å². The van der Waals surface area contributed by atoms with E-state index < -0.39 is 0 Å². The van der Waals surface area contributed by atoms with Crippen LogP contribution in [0.3, 0.4) is 0 Å². The van der Waals surface area contributed by atoms with E-state index >= 15 is 0 Å². The molecule has 5 nitrogen and oxygen atoms in total. The predicted molar refractivity (Wildman–Crippen MR) is 75.3 cm³/mol. The molecule has 0 spiro atoms. The van der Waals surface area contributed by atoms with E-state index in [-0.39, 0.29) is 5.91 Å². The van der Waals surface area contributed by atoms with Gasteiger partial charge >= 0.3 is 0 Å². The maximum absolute atomic E-state index is 11.4. The molecule has 2 rings (SSSR count). The molecular formula is C15H19N3O2. The number of nitrogens with one attached hydrogen (secondary N) is 1. The largest absolute Gasteiger partial charge is 0.494 e. The Kier molecular flexibility index (Phi) is 5.39. The fraction of sp³-hybridized carbons (Fsp3) is 0.467. The second-order valence-electron chi connectivity index (χ2n) is 4.82. The third-order valence-electron chi connectivity index (χ3n) is 3.19. The van der Waals surface area contributed by atoms with Gasteiger partial charge in [-0.15, -0.1) is 0 Å². The van der Waals surface area contributed by atoms with Crippen molar-refractivity contribution in [2.75, 3.05) is 32.8 Å². The maximum atomic E-state index is 11.4. The summed E-state index contributed by atoms with van der Waals surface area (Å²) in [6, 6.07) is 9.24. The average Bonchev–Trinajstić information content (AvgIpc) is 2.68. The quantitative estimate of drug-likeness (QED) is 0.817. The van der Waals surface area contributed by atoms with Crippen LogP contribution in [0.15, 0.2) is 24.3 Å². The second-order valence-corrected chi connectivity index (χ2v) is 4.82. The summed E-state index contributed by atoms with van der Waals surface area (Å²) in [5.41, 5.74) is 0.603. The van der Waals surface area contributed by atoms with Gasteiger partial charge in [-0.3, -0.25) is 9.69 Å². The number of rotatable bonds is 5. The van der Waals surface area contributed by atoms with Gasteiger partial charge in [0.15, 0.2) is 0 Å². The summed E-state index contributed by atoms with van der Waals surface area (Å²) in [6.45, 7) is 3.64. The highest BCUT2D eigenvalue weighted by Crippen LogP contribution is 2.12. The Bertz CT molecular complexity index is 496. The normalized spacial score (nSPS) is 16.1. The Labute approximate surface area is 119 Å². The first-order valence-corrected chi connectivity index (χ1v) is 6.90. The lowest BCUT2D eigenvalue weighted by Gasteiger charge is -2.18. The lowest BCUT2D eigenvalue weighted by molar-refractivity contribution is -0.121. The maximum Gasteiger partial charge on any atom is 0.234 e. The fourth-order valence-corrected chi connectivity index (χ4v) is 2.19. The second kappa shape index (κ2) is 7.51. The highest BCUT2D eigenvalue weighted by atomic mass is 16.5. The minimum atomic E-state index is 0.102. The first-order valence-electron chi connectivity index (χ1n) is 6.90. The summed E-state index contributed by atoms with van der Waals surface area (Å²) < 4.78 is 5.62. The molecule has 1 aromatic rings. The average molecular weight is 273 g/mol. The van der Waals surface area contributed by atoms with E-state index in [9.17, 15) is 4.79 Å². The van der Waals surface area contributed by atoms with Crippen molar-refractivity contribution < 1.29 is 9.53 Å².